The van der Waals surface area contributed by atoms with Gasteiger partial charge in [-0.1, -0.05) is 32.0 Å². The first-order valence-corrected chi connectivity index (χ1v) is 6.89. The fourth-order valence-electron chi connectivity index (χ4n) is 3.33. The predicted octanol–water partition coefficient (Wildman–Crippen LogP) is 3.08. The lowest BCUT2D eigenvalue weighted by Gasteiger charge is -2.24. The molecule has 0 atom stereocenters. The minimum absolute atomic E-state index is 0.182. The van der Waals surface area contributed by atoms with Crippen molar-refractivity contribution >= 4 is 10.9 Å². The van der Waals surface area contributed by atoms with Crippen LogP contribution in [0.5, 0.6) is 0 Å². The Hall–Kier alpha value is -1.28. The first-order valence-electron chi connectivity index (χ1n) is 6.89. The van der Waals surface area contributed by atoms with Gasteiger partial charge in [0.25, 0.3) is 0 Å². The Bertz CT molecular complexity index is 578. The van der Waals surface area contributed by atoms with Gasteiger partial charge < -0.3 is 9.88 Å². The smallest absolute Gasteiger partial charge is 0.0515 e. The molecule has 1 aromatic heterocycles. The van der Waals surface area contributed by atoms with Crippen LogP contribution in [0.15, 0.2) is 24.4 Å². The molecule has 1 aliphatic heterocycles. The number of likely N-dealkylation sites (N-methyl/N-ethyl adjacent to an activating group) is 1. The second-order valence-electron chi connectivity index (χ2n) is 6.07. The van der Waals surface area contributed by atoms with Gasteiger partial charge in [-0.2, -0.15) is 0 Å². The predicted molar refractivity (Wildman–Crippen MR) is 77.2 cm³/mol. The number of hydrogen-bond acceptors (Lipinski definition) is 1. The second kappa shape index (κ2) is 4.13. The Labute approximate surface area is 109 Å². The van der Waals surface area contributed by atoms with E-state index in [0.717, 1.165) is 6.54 Å². The quantitative estimate of drug-likeness (QED) is 0.875. The Balaban J connectivity index is 2.23. The van der Waals surface area contributed by atoms with Crippen LogP contribution in [-0.4, -0.2) is 18.2 Å². The maximum absolute atomic E-state index is 3.32. The van der Waals surface area contributed by atoms with E-state index in [2.05, 4.69) is 48.1 Å². The number of aryl methyl sites for hydroxylation is 2. The van der Waals surface area contributed by atoms with Crippen molar-refractivity contribution in [1.82, 2.24) is 9.88 Å². The normalized spacial score (nSPS) is 15.3. The Kier molecular flexibility index (Phi) is 2.70. The zero-order chi connectivity index (χ0) is 12.8. The first kappa shape index (κ1) is 11.8. The van der Waals surface area contributed by atoms with Gasteiger partial charge >= 0.3 is 0 Å². The molecule has 0 spiro atoms. The average Bonchev–Trinajstić information content (AvgIpc) is 2.72. The Morgan fingerprint density at radius 1 is 1.33 bits per heavy atom. The molecule has 2 nitrogen and oxygen atoms in total. The summed E-state index contributed by atoms with van der Waals surface area (Å²) in [5.41, 5.74) is 4.66. The van der Waals surface area contributed by atoms with Crippen molar-refractivity contribution < 1.29 is 0 Å². The molecule has 18 heavy (non-hydrogen) atoms. The van der Waals surface area contributed by atoms with Crippen molar-refractivity contribution in [2.75, 3.05) is 13.6 Å². The van der Waals surface area contributed by atoms with Crippen LogP contribution in [0.1, 0.15) is 31.4 Å². The SMILES string of the molecule is CNCC(C)(C)c1cn2c3c(cccc13)CCC2. The van der Waals surface area contributed by atoms with Gasteiger partial charge in [-0.15, -0.1) is 0 Å². The van der Waals surface area contributed by atoms with E-state index >= 15 is 0 Å². The lowest BCUT2D eigenvalue weighted by molar-refractivity contribution is 0.495. The number of hydrogen-bond donors (Lipinski definition) is 1. The molecule has 1 N–H and O–H groups in total. The van der Waals surface area contributed by atoms with Gasteiger partial charge in [0, 0.05) is 30.1 Å². The fourth-order valence-corrected chi connectivity index (χ4v) is 3.33. The topological polar surface area (TPSA) is 17.0 Å². The number of nitrogens with one attached hydrogen (secondary N) is 1. The number of para-hydroxylation sites is 1. The highest BCUT2D eigenvalue weighted by Gasteiger charge is 2.26. The molecule has 96 valence electrons. The van der Waals surface area contributed by atoms with Gasteiger partial charge in [-0.05, 0) is 31.0 Å². The molecule has 0 radical (unpaired) electrons. The third-order valence-corrected chi connectivity index (χ3v) is 4.17. The molecule has 0 unspecified atom stereocenters. The summed E-state index contributed by atoms with van der Waals surface area (Å²) in [6, 6.07) is 6.78. The van der Waals surface area contributed by atoms with Crippen LogP contribution in [0, 0.1) is 0 Å². The molecule has 0 saturated heterocycles. The molecule has 0 amide bonds. The van der Waals surface area contributed by atoms with Crippen LogP contribution in [0.25, 0.3) is 10.9 Å². The van der Waals surface area contributed by atoms with E-state index in [1.807, 2.05) is 7.05 Å². The molecule has 0 fully saturated rings. The van der Waals surface area contributed by atoms with Gasteiger partial charge in [-0.25, -0.2) is 0 Å². The van der Waals surface area contributed by atoms with E-state index in [1.54, 1.807) is 0 Å². The van der Waals surface area contributed by atoms with E-state index in [1.165, 1.54) is 41.4 Å². The van der Waals surface area contributed by atoms with Crippen molar-refractivity contribution in [2.24, 2.45) is 0 Å². The third-order valence-electron chi connectivity index (χ3n) is 4.17. The molecule has 2 heteroatoms. The van der Waals surface area contributed by atoms with Crippen molar-refractivity contribution in [3.63, 3.8) is 0 Å². The highest BCUT2D eigenvalue weighted by atomic mass is 15.0. The van der Waals surface area contributed by atoms with Crippen LogP contribution < -0.4 is 5.32 Å². The number of aromatic nitrogens is 1. The summed E-state index contributed by atoms with van der Waals surface area (Å²) in [6.45, 7) is 6.83. The molecular weight excluding hydrogens is 220 g/mol. The number of nitrogens with zero attached hydrogens (tertiary/aromatic N) is 1. The molecule has 2 heterocycles. The molecule has 3 rings (SSSR count). The van der Waals surface area contributed by atoms with E-state index in [0.29, 0.717) is 0 Å². The standard InChI is InChI=1S/C16H22N2/c1-16(2,11-17-3)14-10-18-9-5-7-12-6-4-8-13(14)15(12)18/h4,6,8,10,17H,5,7,9,11H2,1-3H3. The monoisotopic (exact) mass is 242 g/mol. The molecule has 1 aromatic carbocycles. The Morgan fingerprint density at radius 3 is 2.94 bits per heavy atom. The summed E-state index contributed by atoms with van der Waals surface area (Å²) < 4.78 is 2.46. The first-order chi connectivity index (χ1) is 8.63. The largest absolute Gasteiger partial charge is 0.347 e. The van der Waals surface area contributed by atoms with Crippen LogP contribution in [0.3, 0.4) is 0 Å². The summed E-state index contributed by atoms with van der Waals surface area (Å²) in [7, 11) is 2.03. The zero-order valence-electron chi connectivity index (χ0n) is 11.6. The molecule has 1 aliphatic rings. The van der Waals surface area contributed by atoms with Crippen LogP contribution in [-0.2, 0) is 18.4 Å². The summed E-state index contributed by atoms with van der Waals surface area (Å²) in [5, 5.41) is 4.77. The summed E-state index contributed by atoms with van der Waals surface area (Å²) >= 11 is 0. The third kappa shape index (κ3) is 1.67. The molecule has 0 aliphatic carbocycles. The highest BCUT2D eigenvalue weighted by Crippen LogP contribution is 2.35. The number of benzene rings is 1. The highest BCUT2D eigenvalue weighted by molar-refractivity contribution is 5.88. The van der Waals surface area contributed by atoms with E-state index in [-0.39, 0.29) is 5.41 Å². The van der Waals surface area contributed by atoms with Gasteiger partial charge in [0.1, 0.15) is 0 Å². The molecule has 2 aromatic rings. The van der Waals surface area contributed by atoms with Crippen LogP contribution >= 0.6 is 0 Å². The summed E-state index contributed by atoms with van der Waals surface area (Å²) in [5.74, 6) is 0. The van der Waals surface area contributed by atoms with Gasteiger partial charge in [0.2, 0.25) is 0 Å². The summed E-state index contributed by atoms with van der Waals surface area (Å²) in [6.07, 6.45) is 4.88. The van der Waals surface area contributed by atoms with Crippen LogP contribution in [0.2, 0.25) is 0 Å². The second-order valence-corrected chi connectivity index (χ2v) is 6.07. The van der Waals surface area contributed by atoms with Gasteiger partial charge in [0.15, 0.2) is 0 Å². The minimum atomic E-state index is 0.182. The zero-order valence-corrected chi connectivity index (χ0v) is 11.6. The Morgan fingerprint density at radius 2 is 2.17 bits per heavy atom. The lowest BCUT2D eigenvalue weighted by atomic mass is 9.84. The molecule has 0 bridgehead atoms. The van der Waals surface area contributed by atoms with Gasteiger partial charge in [-0.3, -0.25) is 0 Å². The van der Waals surface area contributed by atoms with E-state index in [9.17, 15) is 0 Å². The van der Waals surface area contributed by atoms with E-state index < -0.39 is 0 Å². The van der Waals surface area contributed by atoms with Crippen molar-refractivity contribution in [3.8, 4) is 0 Å². The van der Waals surface area contributed by atoms with Crippen molar-refractivity contribution in [3.05, 3.63) is 35.5 Å². The van der Waals surface area contributed by atoms with Gasteiger partial charge in [0.05, 0.1) is 5.52 Å². The van der Waals surface area contributed by atoms with Crippen LogP contribution in [0.4, 0.5) is 0 Å². The lowest BCUT2D eigenvalue weighted by Crippen LogP contribution is -2.30. The number of rotatable bonds is 3. The average molecular weight is 242 g/mol. The molecular formula is C16H22N2. The minimum Gasteiger partial charge on any atom is -0.347 e. The van der Waals surface area contributed by atoms with Crippen molar-refractivity contribution in [2.45, 2.75) is 38.6 Å². The maximum atomic E-state index is 3.32. The molecule has 0 saturated carbocycles. The summed E-state index contributed by atoms with van der Waals surface area (Å²) in [4.78, 5) is 0. The fraction of sp³-hybridized carbons (Fsp3) is 0.500. The maximum Gasteiger partial charge on any atom is 0.0515 e. The van der Waals surface area contributed by atoms with E-state index in [4.69, 9.17) is 0 Å². The van der Waals surface area contributed by atoms with Crippen molar-refractivity contribution in [1.29, 1.82) is 0 Å².